The second-order valence-corrected chi connectivity index (χ2v) is 11.4. The van der Waals surface area contributed by atoms with Gasteiger partial charge in [-0.25, -0.2) is 0 Å². The molecule has 4 rings (SSSR count). The average Bonchev–Trinajstić information content (AvgIpc) is 3.49. The van der Waals surface area contributed by atoms with Gasteiger partial charge in [0, 0.05) is 16.8 Å². The molecular formula is C24H34ClN5OS. The Bertz CT molecular complexity index is 946. The normalized spacial score (nSPS) is 25.2. The van der Waals surface area contributed by atoms with Crippen LogP contribution in [0, 0.1) is 17.8 Å². The van der Waals surface area contributed by atoms with Gasteiger partial charge in [-0.2, -0.15) is 0 Å². The van der Waals surface area contributed by atoms with Crippen LogP contribution in [0.3, 0.4) is 0 Å². The van der Waals surface area contributed by atoms with E-state index in [1.54, 1.807) is 0 Å². The highest BCUT2D eigenvalue weighted by molar-refractivity contribution is 8.00. The van der Waals surface area contributed by atoms with Crippen LogP contribution >= 0.6 is 23.4 Å². The van der Waals surface area contributed by atoms with E-state index in [1.165, 1.54) is 37.4 Å². The standard InChI is InChI=1S/C24H34ClN5OS/c1-14(21-13-17-6-7-18(21)12-17)26-23(31)16(3)32-24-28-27-22(15(2)29(4)5)30(24)20-10-8-19(25)9-11-20/h8-11,14-18,21H,6-7,12-13H2,1-5H3,(H,26,31). The number of hydrogen-bond donors (Lipinski definition) is 1. The monoisotopic (exact) mass is 475 g/mol. The summed E-state index contributed by atoms with van der Waals surface area (Å²) in [5.41, 5.74) is 0.938. The summed E-state index contributed by atoms with van der Waals surface area (Å²) >= 11 is 7.56. The Balaban J connectivity index is 1.50. The van der Waals surface area contributed by atoms with Gasteiger partial charge < -0.3 is 5.32 Å². The van der Waals surface area contributed by atoms with Gasteiger partial charge in [0.25, 0.3) is 0 Å². The minimum atomic E-state index is -0.270. The molecule has 2 saturated carbocycles. The van der Waals surface area contributed by atoms with Crippen molar-refractivity contribution in [1.82, 2.24) is 25.0 Å². The van der Waals surface area contributed by atoms with Crippen molar-refractivity contribution < 1.29 is 4.79 Å². The fourth-order valence-corrected chi connectivity index (χ4v) is 6.27. The second-order valence-electron chi connectivity index (χ2n) is 9.69. The lowest BCUT2D eigenvalue weighted by molar-refractivity contribution is -0.121. The molecule has 2 aliphatic rings. The maximum Gasteiger partial charge on any atom is 0.233 e. The largest absolute Gasteiger partial charge is 0.352 e. The third kappa shape index (κ3) is 4.85. The van der Waals surface area contributed by atoms with Crippen LogP contribution in [-0.4, -0.2) is 51.0 Å². The molecule has 6 unspecified atom stereocenters. The summed E-state index contributed by atoms with van der Waals surface area (Å²) in [6, 6.07) is 7.94. The molecule has 0 saturated heterocycles. The summed E-state index contributed by atoms with van der Waals surface area (Å²) in [5, 5.41) is 13.4. The number of fused-ring (bicyclic) bond motifs is 2. The predicted molar refractivity (Wildman–Crippen MR) is 130 cm³/mol. The van der Waals surface area contributed by atoms with E-state index in [2.05, 4.69) is 34.3 Å². The van der Waals surface area contributed by atoms with E-state index in [9.17, 15) is 4.79 Å². The van der Waals surface area contributed by atoms with Gasteiger partial charge in [0.05, 0.1) is 11.3 Å². The first-order valence-corrected chi connectivity index (χ1v) is 12.8. The molecule has 1 heterocycles. The molecular weight excluding hydrogens is 442 g/mol. The third-order valence-electron chi connectivity index (χ3n) is 7.35. The summed E-state index contributed by atoms with van der Waals surface area (Å²) in [4.78, 5) is 15.1. The molecule has 2 bridgehead atoms. The second kappa shape index (κ2) is 9.74. The van der Waals surface area contributed by atoms with Crippen molar-refractivity contribution in [2.24, 2.45) is 17.8 Å². The molecule has 6 atom stereocenters. The van der Waals surface area contributed by atoms with Gasteiger partial charge >= 0.3 is 0 Å². The lowest BCUT2D eigenvalue weighted by Gasteiger charge is -2.29. The third-order valence-corrected chi connectivity index (χ3v) is 8.64. The predicted octanol–water partition coefficient (Wildman–Crippen LogP) is 4.96. The maximum absolute atomic E-state index is 13.0. The van der Waals surface area contributed by atoms with Crippen molar-refractivity contribution in [3.63, 3.8) is 0 Å². The molecule has 6 nitrogen and oxygen atoms in total. The van der Waals surface area contributed by atoms with Gasteiger partial charge in [0.1, 0.15) is 0 Å². The minimum absolute atomic E-state index is 0.0643. The highest BCUT2D eigenvalue weighted by Crippen LogP contribution is 2.49. The Labute approximate surface area is 200 Å². The molecule has 8 heteroatoms. The molecule has 2 fully saturated rings. The number of nitrogens with zero attached hydrogens (tertiary/aromatic N) is 4. The number of rotatable bonds is 8. The van der Waals surface area contributed by atoms with Gasteiger partial charge in [-0.05, 0) is 96.1 Å². The van der Waals surface area contributed by atoms with E-state index in [0.717, 1.165) is 23.3 Å². The number of aromatic nitrogens is 3. The number of halogens is 1. The first-order valence-electron chi connectivity index (χ1n) is 11.6. The van der Waals surface area contributed by atoms with Gasteiger partial charge in [0.2, 0.25) is 5.91 Å². The van der Waals surface area contributed by atoms with Crippen LogP contribution in [0.25, 0.3) is 5.69 Å². The molecule has 1 aromatic heterocycles. The zero-order valence-corrected chi connectivity index (χ0v) is 21.2. The molecule has 0 spiro atoms. The van der Waals surface area contributed by atoms with Gasteiger partial charge in [-0.15, -0.1) is 10.2 Å². The van der Waals surface area contributed by atoms with E-state index < -0.39 is 0 Å². The Morgan fingerprint density at radius 3 is 2.47 bits per heavy atom. The van der Waals surface area contributed by atoms with Crippen molar-refractivity contribution >= 4 is 29.3 Å². The number of carbonyl (C=O) groups excluding carboxylic acids is 1. The average molecular weight is 476 g/mol. The van der Waals surface area contributed by atoms with Crippen LogP contribution in [0.1, 0.15) is 58.3 Å². The van der Waals surface area contributed by atoms with Crippen LogP contribution in [0.15, 0.2) is 29.4 Å². The number of hydrogen-bond acceptors (Lipinski definition) is 5. The zero-order valence-electron chi connectivity index (χ0n) is 19.6. The quantitative estimate of drug-likeness (QED) is 0.546. The maximum atomic E-state index is 13.0. The number of thioether (sulfide) groups is 1. The van der Waals surface area contributed by atoms with E-state index in [1.807, 2.05) is 49.9 Å². The first-order chi connectivity index (χ1) is 15.2. The van der Waals surface area contributed by atoms with Crippen LogP contribution in [0.2, 0.25) is 5.02 Å². The summed E-state index contributed by atoms with van der Waals surface area (Å²) in [7, 11) is 4.04. The van der Waals surface area contributed by atoms with Crippen LogP contribution in [-0.2, 0) is 4.79 Å². The molecule has 0 radical (unpaired) electrons. The lowest BCUT2D eigenvalue weighted by atomic mass is 9.84. The number of amides is 1. The summed E-state index contributed by atoms with van der Waals surface area (Å²) in [6.45, 7) is 6.22. The van der Waals surface area contributed by atoms with Crippen molar-refractivity contribution in [3.05, 3.63) is 35.1 Å². The highest BCUT2D eigenvalue weighted by Gasteiger charge is 2.42. The molecule has 1 N–H and O–H groups in total. The minimum Gasteiger partial charge on any atom is -0.352 e. The van der Waals surface area contributed by atoms with Crippen molar-refractivity contribution in [2.75, 3.05) is 14.1 Å². The summed E-state index contributed by atoms with van der Waals surface area (Å²) in [6.07, 6.45) is 5.33. The Morgan fingerprint density at radius 1 is 1.16 bits per heavy atom. The SMILES string of the molecule is CC(Sc1nnc(C(C)N(C)C)n1-c1ccc(Cl)cc1)C(=O)NC(C)C1CC2CCC1C2. The summed E-state index contributed by atoms with van der Waals surface area (Å²) in [5.74, 6) is 3.20. The Kier molecular flexibility index (Phi) is 7.18. The van der Waals surface area contributed by atoms with Crippen molar-refractivity contribution in [2.45, 2.75) is 68.9 Å². The molecule has 2 aromatic rings. The van der Waals surface area contributed by atoms with Crippen molar-refractivity contribution in [1.29, 1.82) is 0 Å². The highest BCUT2D eigenvalue weighted by atomic mass is 35.5. The molecule has 2 aliphatic carbocycles. The molecule has 0 aliphatic heterocycles. The smallest absolute Gasteiger partial charge is 0.233 e. The Hall–Kier alpha value is -1.57. The number of benzene rings is 1. The summed E-state index contributed by atoms with van der Waals surface area (Å²) < 4.78 is 2.04. The number of carbonyl (C=O) groups is 1. The molecule has 174 valence electrons. The van der Waals surface area contributed by atoms with E-state index in [4.69, 9.17) is 11.6 Å². The van der Waals surface area contributed by atoms with Gasteiger partial charge in [-0.1, -0.05) is 29.8 Å². The van der Waals surface area contributed by atoms with Gasteiger partial charge in [0.15, 0.2) is 11.0 Å². The van der Waals surface area contributed by atoms with Crippen LogP contribution < -0.4 is 5.32 Å². The van der Waals surface area contributed by atoms with Crippen LogP contribution in [0.5, 0.6) is 0 Å². The van der Waals surface area contributed by atoms with Crippen LogP contribution in [0.4, 0.5) is 0 Å². The Morgan fingerprint density at radius 2 is 1.88 bits per heavy atom. The molecule has 1 amide bonds. The zero-order chi connectivity index (χ0) is 23.0. The van der Waals surface area contributed by atoms with E-state index in [0.29, 0.717) is 16.1 Å². The number of nitrogens with one attached hydrogen (secondary N) is 1. The molecule has 32 heavy (non-hydrogen) atoms. The molecule has 1 aromatic carbocycles. The fraction of sp³-hybridized carbons (Fsp3) is 0.625. The van der Waals surface area contributed by atoms with E-state index >= 15 is 0 Å². The topological polar surface area (TPSA) is 63.1 Å². The van der Waals surface area contributed by atoms with Gasteiger partial charge in [-0.3, -0.25) is 14.3 Å². The lowest BCUT2D eigenvalue weighted by Crippen LogP contribution is -2.43. The van der Waals surface area contributed by atoms with E-state index in [-0.39, 0.29) is 23.2 Å². The van der Waals surface area contributed by atoms with Crippen molar-refractivity contribution in [3.8, 4) is 5.69 Å². The fourth-order valence-electron chi connectivity index (χ4n) is 5.26. The first kappa shape index (κ1) is 23.6.